The molecule has 4 rings (SSSR count). The average Bonchev–Trinajstić information content (AvgIpc) is 2.69. The summed E-state index contributed by atoms with van der Waals surface area (Å²) in [4.78, 5) is 7.06. The number of likely N-dealkylation sites (tertiary alicyclic amines) is 1. The molecule has 1 aliphatic carbocycles. The third kappa shape index (κ3) is 3.38. The number of hydrogen-bond acceptors (Lipinski definition) is 5. The summed E-state index contributed by atoms with van der Waals surface area (Å²) in [6.45, 7) is 4.56. The van der Waals surface area contributed by atoms with Crippen molar-refractivity contribution in [2.24, 2.45) is 11.8 Å². The van der Waals surface area contributed by atoms with Gasteiger partial charge in [0.2, 0.25) is 0 Å². The highest BCUT2D eigenvalue weighted by Gasteiger charge is 2.52. The van der Waals surface area contributed by atoms with E-state index in [0.717, 1.165) is 60.8 Å². The summed E-state index contributed by atoms with van der Waals surface area (Å²) in [5, 5.41) is 11.7. The van der Waals surface area contributed by atoms with Crippen LogP contribution in [0.1, 0.15) is 36.1 Å². The number of pyridine rings is 1. The van der Waals surface area contributed by atoms with Gasteiger partial charge >= 0.3 is 0 Å². The smallest absolute Gasteiger partial charge is 0.123 e. The Labute approximate surface area is 167 Å². The molecule has 1 aromatic heterocycles. The highest BCUT2D eigenvalue weighted by atomic mass is 16.5. The van der Waals surface area contributed by atoms with Crippen LogP contribution in [0.2, 0.25) is 0 Å². The van der Waals surface area contributed by atoms with Gasteiger partial charge in [0, 0.05) is 43.2 Å². The first-order valence-electron chi connectivity index (χ1n) is 10.1. The van der Waals surface area contributed by atoms with Gasteiger partial charge in [-0.15, -0.1) is 0 Å². The third-order valence-electron chi connectivity index (χ3n) is 6.51. The molecular weight excluding hydrogens is 352 g/mol. The lowest BCUT2D eigenvalue weighted by Gasteiger charge is -2.52. The molecule has 2 aromatic rings. The van der Waals surface area contributed by atoms with Crippen LogP contribution in [-0.4, -0.2) is 42.3 Å². The lowest BCUT2D eigenvalue weighted by Crippen LogP contribution is -2.58. The van der Waals surface area contributed by atoms with Crippen LogP contribution < -0.4 is 9.47 Å². The van der Waals surface area contributed by atoms with Crippen LogP contribution in [0.5, 0.6) is 11.5 Å². The minimum Gasteiger partial charge on any atom is -0.497 e. The van der Waals surface area contributed by atoms with Gasteiger partial charge < -0.3 is 14.6 Å². The average molecular weight is 383 g/mol. The van der Waals surface area contributed by atoms with E-state index in [0.29, 0.717) is 0 Å². The molecular formula is C23H30N2O3. The first-order chi connectivity index (χ1) is 13.5. The van der Waals surface area contributed by atoms with Crippen LogP contribution in [0.4, 0.5) is 0 Å². The standard InChI is InChI=1S/C23H30N2O3/c1-16-7-10-22(24-12-16)23(26)18-5-4-6-19(23)15-25(14-18)13-17-11-20(27-2)8-9-21(17)28-3/h7-12,18-19,26H,4-6,13-15H2,1-3H3. The molecule has 5 nitrogen and oxygen atoms in total. The Morgan fingerprint density at radius 2 is 1.86 bits per heavy atom. The summed E-state index contributed by atoms with van der Waals surface area (Å²) >= 11 is 0. The SMILES string of the molecule is COc1ccc(OC)c(CN2CC3CCCC(C2)C3(O)c2ccc(C)cn2)c1. The van der Waals surface area contributed by atoms with Crippen molar-refractivity contribution >= 4 is 0 Å². The van der Waals surface area contributed by atoms with E-state index in [-0.39, 0.29) is 11.8 Å². The lowest BCUT2D eigenvalue weighted by molar-refractivity contribution is -0.151. The minimum atomic E-state index is -0.819. The predicted molar refractivity (Wildman–Crippen MR) is 109 cm³/mol. The lowest BCUT2D eigenvalue weighted by atomic mass is 9.64. The molecule has 0 spiro atoms. The van der Waals surface area contributed by atoms with Crippen molar-refractivity contribution in [1.29, 1.82) is 0 Å². The minimum absolute atomic E-state index is 0.201. The Balaban J connectivity index is 1.58. The van der Waals surface area contributed by atoms with Crippen molar-refractivity contribution < 1.29 is 14.6 Å². The summed E-state index contributed by atoms with van der Waals surface area (Å²) in [5.41, 5.74) is 2.27. The topological polar surface area (TPSA) is 54.8 Å². The van der Waals surface area contributed by atoms with Gasteiger partial charge in [-0.1, -0.05) is 12.5 Å². The van der Waals surface area contributed by atoms with Crippen LogP contribution >= 0.6 is 0 Å². The molecule has 1 aromatic carbocycles. The van der Waals surface area contributed by atoms with Crippen LogP contribution in [-0.2, 0) is 12.1 Å². The fourth-order valence-electron chi connectivity index (χ4n) is 5.04. The summed E-state index contributed by atoms with van der Waals surface area (Å²) in [7, 11) is 3.39. The van der Waals surface area contributed by atoms with Gasteiger partial charge in [-0.25, -0.2) is 0 Å². The zero-order valence-corrected chi connectivity index (χ0v) is 17.0. The van der Waals surface area contributed by atoms with Crippen LogP contribution in [0.3, 0.4) is 0 Å². The number of methoxy groups -OCH3 is 2. The van der Waals surface area contributed by atoms with E-state index < -0.39 is 5.60 Å². The number of benzene rings is 1. The number of aryl methyl sites for hydroxylation is 1. The Bertz CT molecular complexity index is 807. The maximum absolute atomic E-state index is 11.7. The number of fused-ring (bicyclic) bond motifs is 2. The summed E-state index contributed by atoms with van der Waals surface area (Å²) in [6, 6.07) is 10.0. The van der Waals surface area contributed by atoms with Gasteiger partial charge in [-0.05, 0) is 49.6 Å². The van der Waals surface area contributed by atoms with Crippen molar-refractivity contribution in [2.45, 2.75) is 38.3 Å². The van der Waals surface area contributed by atoms with E-state index >= 15 is 0 Å². The number of nitrogens with zero attached hydrogens (tertiary/aromatic N) is 2. The van der Waals surface area contributed by atoms with Gasteiger partial charge in [0.05, 0.1) is 19.9 Å². The van der Waals surface area contributed by atoms with Crippen molar-refractivity contribution in [3.8, 4) is 11.5 Å². The van der Waals surface area contributed by atoms with Crippen LogP contribution in [0, 0.1) is 18.8 Å². The predicted octanol–water partition coefficient (Wildman–Crippen LogP) is 3.53. The van der Waals surface area contributed by atoms with Crippen molar-refractivity contribution in [1.82, 2.24) is 9.88 Å². The fourth-order valence-corrected chi connectivity index (χ4v) is 5.04. The van der Waals surface area contributed by atoms with Crippen molar-refractivity contribution in [3.05, 3.63) is 53.3 Å². The van der Waals surface area contributed by atoms with E-state index in [4.69, 9.17) is 9.47 Å². The molecule has 150 valence electrons. The monoisotopic (exact) mass is 382 g/mol. The molecule has 2 fully saturated rings. The van der Waals surface area contributed by atoms with Gasteiger partial charge in [0.15, 0.2) is 0 Å². The van der Waals surface area contributed by atoms with E-state index in [1.165, 1.54) is 6.42 Å². The number of piperidine rings is 1. The molecule has 2 unspecified atom stereocenters. The third-order valence-corrected chi connectivity index (χ3v) is 6.51. The molecule has 2 heterocycles. The Morgan fingerprint density at radius 3 is 2.46 bits per heavy atom. The van der Waals surface area contributed by atoms with Gasteiger partial charge in [0.1, 0.15) is 17.1 Å². The maximum Gasteiger partial charge on any atom is 0.123 e. The Morgan fingerprint density at radius 1 is 1.11 bits per heavy atom. The largest absolute Gasteiger partial charge is 0.497 e. The first kappa shape index (κ1) is 19.2. The van der Waals surface area contributed by atoms with E-state index in [2.05, 4.69) is 22.0 Å². The Hall–Kier alpha value is -2.11. The second-order valence-corrected chi connectivity index (χ2v) is 8.24. The first-order valence-corrected chi connectivity index (χ1v) is 10.1. The zero-order chi connectivity index (χ0) is 19.7. The highest BCUT2D eigenvalue weighted by molar-refractivity contribution is 5.40. The molecule has 28 heavy (non-hydrogen) atoms. The molecule has 1 saturated carbocycles. The Kier molecular flexibility index (Phi) is 5.30. The molecule has 2 bridgehead atoms. The fraction of sp³-hybridized carbons (Fsp3) is 0.522. The molecule has 2 aliphatic rings. The number of aliphatic hydroxyl groups is 1. The van der Waals surface area contributed by atoms with E-state index in [9.17, 15) is 5.11 Å². The summed E-state index contributed by atoms with van der Waals surface area (Å²) < 4.78 is 11.0. The quantitative estimate of drug-likeness (QED) is 0.857. The summed E-state index contributed by atoms with van der Waals surface area (Å²) in [6.07, 6.45) is 5.12. The van der Waals surface area contributed by atoms with Crippen LogP contribution in [0.15, 0.2) is 36.5 Å². The molecule has 0 radical (unpaired) electrons. The molecule has 1 N–H and O–H groups in total. The van der Waals surface area contributed by atoms with Crippen molar-refractivity contribution in [2.75, 3.05) is 27.3 Å². The van der Waals surface area contributed by atoms with Crippen LogP contribution in [0.25, 0.3) is 0 Å². The number of hydrogen-bond donors (Lipinski definition) is 1. The highest BCUT2D eigenvalue weighted by Crippen LogP contribution is 2.49. The molecule has 1 saturated heterocycles. The number of aromatic nitrogens is 1. The molecule has 5 heteroatoms. The number of ether oxygens (including phenoxy) is 2. The molecule has 1 aliphatic heterocycles. The normalized spacial score (nSPS) is 27.4. The van der Waals surface area contributed by atoms with Gasteiger partial charge in [-0.3, -0.25) is 9.88 Å². The molecule has 2 atom stereocenters. The molecule has 0 amide bonds. The second kappa shape index (κ2) is 7.72. The van der Waals surface area contributed by atoms with E-state index in [1.54, 1.807) is 14.2 Å². The second-order valence-electron chi connectivity index (χ2n) is 8.24. The zero-order valence-electron chi connectivity index (χ0n) is 17.0. The van der Waals surface area contributed by atoms with Crippen molar-refractivity contribution in [3.63, 3.8) is 0 Å². The summed E-state index contributed by atoms with van der Waals surface area (Å²) in [5.74, 6) is 2.12. The number of rotatable bonds is 5. The maximum atomic E-state index is 11.7. The van der Waals surface area contributed by atoms with Gasteiger partial charge in [-0.2, -0.15) is 0 Å². The van der Waals surface area contributed by atoms with Gasteiger partial charge in [0.25, 0.3) is 0 Å². The van der Waals surface area contributed by atoms with E-state index in [1.807, 2.05) is 31.3 Å².